The Hall–Kier alpha value is -2.94. The van der Waals surface area contributed by atoms with Gasteiger partial charge in [0.15, 0.2) is 6.04 Å². The second-order valence-electron chi connectivity index (χ2n) is 6.05. The summed E-state index contributed by atoms with van der Waals surface area (Å²) in [5, 5.41) is 23.5. The van der Waals surface area contributed by atoms with E-state index in [1.165, 1.54) is 6.92 Å². The van der Waals surface area contributed by atoms with Gasteiger partial charge in [0, 0.05) is 0 Å². The van der Waals surface area contributed by atoms with E-state index in [0.29, 0.717) is 11.3 Å². The molecule has 3 amide bonds. The van der Waals surface area contributed by atoms with Crippen LogP contribution < -0.4 is 10.6 Å². The minimum Gasteiger partial charge on any atom is -0.480 e. The van der Waals surface area contributed by atoms with Gasteiger partial charge in [0.1, 0.15) is 6.04 Å². The van der Waals surface area contributed by atoms with E-state index in [-0.39, 0.29) is 13.0 Å². The monoisotopic (exact) mass is 363 g/mol. The van der Waals surface area contributed by atoms with Crippen molar-refractivity contribution >= 4 is 23.9 Å². The molecule has 1 heterocycles. The number of carbonyl (C=O) groups is 4. The summed E-state index contributed by atoms with van der Waals surface area (Å²) in [6, 6.07) is 5.17. The number of carbonyl (C=O) groups excluding carboxylic acids is 2. The van der Waals surface area contributed by atoms with Crippen molar-refractivity contribution in [3.63, 3.8) is 0 Å². The molecule has 1 fully saturated rings. The van der Waals surface area contributed by atoms with E-state index in [1.807, 2.05) is 30.3 Å². The highest BCUT2D eigenvalue weighted by atomic mass is 16.4. The van der Waals surface area contributed by atoms with E-state index in [4.69, 9.17) is 5.11 Å². The molecule has 9 nitrogen and oxygen atoms in total. The molecule has 0 bridgehead atoms. The molecule has 0 spiro atoms. The number of urea groups is 1. The van der Waals surface area contributed by atoms with Gasteiger partial charge >= 0.3 is 18.0 Å². The van der Waals surface area contributed by atoms with Crippen LogP contribution >= 0.6 is 0 Å². The van der Waals surface area contributed by atoms with E-state index in [2.05, 4.69) is 10.6 Å². The minimum absolute atomic E-state index is 0.178. The van der Waals surface area contributed by atoms with Crippen molar-refractivity contribution in [2.45, 2.75) is 37.9 Å². The molecule has 0 unspecified atom stereocenters. The summed E-state index contributed by atoms with van der Waals surface area (Å²) in [6.07, 6.45) is 0.735. The van der Waals surface area contributed by atoms with E-state index in [1.54, 1.807) is 0 Å². The maximum atomic E-state index is 12.4. The summed E-state index contributed by atoms with van der Waals surface area (Å²) in [4.78, 5) is 47.5. The average Bonchev–Trinajstić information content (AvgIpc) is 3.00. The van der Waals surface area contributed by atoms with Gasteiger partial charge in [-0.15, -0.1) is 0 Å². The van der Waals surface area contributed by atoms with Crippen molar-refractivity contribution in [2.24, 2.45) is 0 Å². The number of amides is 3. The summed E-state index contributed by atoms with van der Waals surface area (Å²) < 4.78 is 0. The van der Waals surface area contributed by atoms with Crippen LogP contribution in [0.2, 0.25) is 0 Å². The Kier molecular flexibility index (Phi) is 6.29. The first kappa shape index (κ1) is 19.4. The third-order valence-electron chi connectivity index (χ3n) is 4.18. The van der Waals surface area contributed by atoms with Crippen LogP contribution in [0, 0.1) is 0 Å². The fourth-order valence-electron chi connectivity index (χ4n) is 2.77. The summed E-state index contributed by atoms with van der Waals surface area (Å²) in [5.41, 5.74) is 0.962. The molecule has 0 aromatic heterocycles. The molecule has 140 valence electrons. The maximum Gasteiger partial charge on any atom is 0.328 e. The summed E-state index contributed by atoms with van der Waals surface area (Å²) in [7, 11) is 0. The lowest BCUT2D eigenvalue weighted by Crippen LogP contribution is -2.54. The molecule has 4 N–H and O–H groups in total. The van der Waals surface area contributed by atoms with Gasteiger partial charge in [0.2, 0.25) is 5.91 Å². The molecular weight excluding hydrogens is 342 g/mol. The highest BCUT2D eigenvalue weighted by Crippen LogP contribution is 2.11. The zero-order valence-electron chi connectivity index (χ0n) is 14.2. The van der Waals surface area contributed by atoms with E-state index in [0.717, 1.165) is 5.56 Å². The SMILES string of the molecule is C[C@@H](N[C@H](CCc1ccccc1)C(=O)O)C(=O)N1C(=O)NC[C@H]1C(=O)O. The molecule has 1 aliphatic rings. The van der Waals surface area contributed by atoms with Gasteiger partial charge in [-0.2, -0.15) is 0 Å². The lowest BCUT2D eigenvalue weighted by atomic mass is 10.0. The number of imide groups is 1. The number of hydrogen-bond donors (Lipinski definition) is 4. The predicted molar refractivity (Wildman–Crippen MR) is 90.5 cm³/mol. The molecule has 9 heteroatoms. The predicted octanol–water partition coefficient (Wildman–Crippen LogP) is 0.0555. The molecule has 1 aliphatic heterocycles. The Morgan fingerprint density at radius 2 is 1.92 bits per heavy atom. The van der Waals surface area contributed by atoms with Crippen molar-refractivity contribution in [2.75, 3.05) is 6.54 Å². The number of aryl methyl sites for hydroxylation is 1. The number of carboxylic acid groups (broad SMARTS) is 2. The Morgan fingerprint density at radius 3 is 2.50 bits per heavy atom. The third-order valence-corrected chi connectivity index (χ3v) is 4.18. The fraction of sp³-hybridized carbons (Fsp3) is 0.412. The lowest BCUT2D eigenvalue weighted by Gasteiger charge is -2.25. The van der Waals surface area contributed by atoms with Gasteiger partial charge in [-0.3, -0.25) is 14.9 Å². The second-order valence-corrected chi connectivity index (χ2v) is 6.05. The molecule has 2 rings (SSSR count). The number of aliphatic carboxylic acids is 2. The van der Waals surface area contributed by atoms with Crippen LogP contribution in [0.25, 0.3) is 0 Å². The van der Waals surface area contributed by atoms with Crippen LogP contribution in [0.15, 0.2) is 30.3 Å². The van der Waals surface area contributed by atoms with Crippen LogP contribution in [0.3, 0.4) is 0 Å². The van der Waals surface area contributed by atoms with Crippen LogP contribution in [0.1, 0.15) is 18.9 Å². The molecule has 3 atom stereocenters. The molecule has 26 heavy (non-hydrogen) atoms. The number of rotatable bonds is 8. The van der Waals surface area contributed by atoms with Gasteiger partial charge in [0.05, 0.1) is 12.6 Å². The molecule has 0 aliphatic carbocycles. The number of hydrogen-bond acceptors (Lipinski definition) is 5. The van der Waals surface area contributed by atoms with Crippen LogP contribution in [-0.2, 0) is 20.8 Å². The molecule has 1 aromatic rings. The Morgan fingerprint density at radius 1 is 1.27 bits per heavy atom. The quantitative estimate of drug-likeness (QED) is 0.512. The normalized spacial score (nSPS) is 18.9. The first-order chi connectivity index (χ1) is 12.3. The van der Waals surface area contributed by atoms with Gasteiger partial charge in [-0.05, 0) is 25.3 Å². The standard InChI is InChI=1S/C17H21N3O6/c1-10(14(21)20-13(16(24)25)9-18-17(20)26)19-12(15(22)23)8-7-11-5-3-2-4-6-11/h2-6,10,12-13,19H,7-9H2,1H3,(H,18,26)(H,22,23)(H,24,25)/t10-,12-,13+/m1/s1. The van der Waals surface area contributed by atoms with Crippen molar-refractivity contribution in [1.82, 2.24) is 15.5 Å². The highest BCUT2D eigenvalue weighted by molar-refractivity contribution is 6.02. The van der Waals surface area contributed by atoms with E-state index in [9.17, 15) is 24.3 Å². The molecule has 1 saturated heterocycles. The molecular formula is C17H21N3O6. The van der Waals surface area contributed by atoms with Gasteiger partial charge < -0.3 is 15.5 Å². The van der Waals surface area contributed by atoms with Crippen LogP contribution in [0.5, 0.6) is 0 Å². The number of carboxylic acids is 2. The van der Waals surface area contributed by atoms with Gasteiger partial charge in [-0.25, -0.2) is 14.5 Å². The molecule has 1 aromatic carbocycles. The number of nitrogens with one attached hydrogen (secondary N) is 2. The van der Waals surface area contributed by atoms with E-state index < -0.39 is 42.0 Å². The molecule has 0 radical (unpaired) electrons. The van der Waals surface area contributed by atoms with Crippen LogP contribution in [0.4, 0.5) is 4.79 Å². The average molecular weight is 363 g/mol. The first-order valence-electron chi connectivity index (χ1n) is 8.17. The largest absolute Gasteiger partial charge is 0.480 e. The lowest BCUT2D eigenvalue weighted by molar-refractivity contribution is -0.147. The van der Waals surface area contributed by atoms with Crippen molar-refractivity contribution in [3.05, 3.63) is 35.9 Å². The first-order valence-corrected chi connectivity index (χ1v) is 8.17. The number of benzene rings is 1. The zero-order chi connectivity index (χ0) is 19.3. The Bertz CT molecular complexity index is 693. The van der Waals surface area contributed by atoms with Crippen molar-refractivity contribution in [1.29, 1.82) is 0 Å². The highest BCUT2D eigenvalue weighted by Gasteiger charge is 2.42. The summed E-state index contributed by atoms with van der Waals surface area (Å²) in [6.45, 7) is 1.23. The zero-order valence-corrected chi connectivity index (χ0v) is 14.2. The van der Waals surface area contributed by atoms with Crippen molar-refractivity contribution < 1.29 is 29.4 Å². The minimum atomic E-state index is -1.30. The topological polar surface area (TPSA) is 136 Å². The number of nitrogens with zero attached hydrogens (tertiary/aromatic N) is 1. The van der Waals surface area contributed by atoms with E-state index >= 15 is 0 Å². The smallest absolute Gasteiger partial charge is 0.328 e. The van der Waals surface area contributed by atoms with Gasteiger partial charge in [-0.1, -0.05) is 30.3 Å². The fourth-order valence-corrected chi connectivity index (χ4v) is 2.77. The molecule has 0 saturated carbocycles. The summed E-state index contributed by atoms with van der Waals surface area (Å²) in [5.74, 6) is -3.21. The third kappa shape index (κ3) is 4.57. The van der Waals surface area contributed by atoms with Crippen LogP contribution in [-0.4, -0.2) is 63.7 Å². The Balaban J connectivity index is 2.01. The maximum absolute atomic E-state index is 12.4. The van der Waals surface area contributed by atoms with Crippen molar-refractivity contribution in [3.8, 4) is 0 Å². The summed E-state index contributed by atoms with van der Waals surface area (Å²) >= 11 is 0. The Labute approximate surface area is 150 Å². The van der Waals surface area contributed by atoms with Gasteiger partial charge in [0.25, 0.3) is 0 Å². The second kappa shape index (κ2) is 8.43.